The largest absolute Gasteiger partial charge is 0.496 e. The molecule has 0 unspecified atom stereocenters. The van der Waals surface area contributed by atoms with Gasteiger partial charge in [0.1, 0.15) is 12.4 Å². The zero-order valence-electron chi connectivity index (χ0n) is 7.62. The third-order valence-corrected chi connectivity index (χ3v) is 2.25. The summed E-state index contributed by atoms with van der Waals surface area (Å²) >= 11 is 3.31. The fourth-order valence-corrected chi connectivity index (χ4v) is 1.36. The van der Waals surface area contributed by atoms with Gasteiger partial charge in [-0.3, -0.25) is 0 Å². The number of methoxy groups -OCH3 is 1. The van der Waals surface area contributed by atoms with Crippen LogP contribution in [0.2, 0.25) is 0 Å². The highest BCUT2D eigenvalue weighted by Gasteiger charge is 2.02. The summed E-state index contributed by atoms with van der Waals surface area (Å²) in [4.78, 5) is 10.4. The molecule has 1 amide bonds. The van der Waals surface area contributed by atoms with Crippen LogP contribution in [0.5, 0.6) is 5.75 Å². The van der Waals surface area contributed by atoms with E-state index in [4.69, 9.17) is 10.5 Å². The number of carbonyl (C=O) groups excluding carboxylic acids is 1. The van der Waals surface area contributed by atoms with Gasteiger partial charge in [-0.25, -0.2) is 4.79 Å². The number of hydrogen-bond donors (Lipinski definition) is 1. The van der Waals surface area contributed by atoms with Gasteiger partial charge in [-0.15, -0.1) is 0 Å². The van der Waals surface area contributed by atoms with Gasteiger partial charge < -0.3 is 15.2 Å². The van der Waals surface area contributed by atoms with E-state index in [1.165, 1.54) is 0 Å². The van der Waals surface area contributed by atoms with Gasteiger partial charge in [0.25, 0.3) is 0 Å². The molecule has 0 aliphatic carbocycles. The first kappa shape index (κ1) is 10.8. The first-order chi connectivity index (χ1) is 6.63. The van der Waals surface area contributed by atoms with Crippen LogP contribution in [-0.2, 0) is 11.3 Å². The quantitative estimate of drug-likeness (QED) is 0.904. The number of nitrogens with two attached hydrogens (primary N) is 1. The van der Waals surface area contributed by atoms with E-state index in [-0.39, 0.29) is 6.61 Å². The Labute approximate surface area is 90.1 Å². The van der Waals surface area contributed by atoms with Gasteiger partial charge in [0, 0.05) is 0 Å². The van der Waals surface area contributed by atoms with Crippen molar-refractivity contribution >= 4 is 22.0 Å². The molecule has 4 nitrogen and oxygen atoms in total. The van der Waals surface area contributed by atoms with Crippen LogP contribution in [0.4, 0.5) is 4.79 Å². The molecule has 0 aromatic heterocycles. The van der Waals surface area contributed by atoms with Crippen molar-refractivity contribution in [2.75, 3.05) is 7.11 Å². The highest BCUT2D eigenvalue weighted by molar-refractivity contribution is 9.10. The molecule has 0 saturated carbocycles. The van der Waals surface area contributed by atoms with E-state index in [9.17, 15) is 4.79 Å². The van der Waals surface area contributed by atoms with E-state index in [1.807, 2.05) is 12.1 Å². The Morgan fingerprint density at radius 1 is 1.57 bits per heavy atom. The van der Waals surface area contributed by atoms with Crippen molar-refractivity contribution in [3.63, 3.8) is 0 Å². The van der Waals surface area contributed by atoms with Crippen LogP contribution >= 0.6 is 15.9 Å². The van der Waals surface area contributed by atoms with Crippen molar-refractivity contribution in [3.8, 4) is 5.75 Å². The molecule has 5 heteroatoms. The summed E-state index contributed by atoms with van der Waals surface area (Å²) in [7, 11) is 1.57. The minimum Gasteiger partial charge on any atom is -0.496 e. The molecule has 0 heterocycles. The Balaban J connectivity index is 2.74. The standard InChI is InChI=1S/C9H10BrNO3/c1-13-8-4-6(2-3-7(8)10)5-14-9(11)12/h2-4H,5H2,1H3,(H2,11,12). The van der Waals surface area contributed by atoms with Crippen molar-refractivity contribution in [1.82, 2.24) is 0 Å². The van der Waals surface area contributed by atoms with Crippen LogP contribution in [0.25, 0.3) is 0 Å². The summed E-state index contributed by atoms with van der Waals surface area (Å²) in [6, 6.07) is 5.40. The second kappa shape index (κ2) is 4.85. The number of ether oxygens (including phenoxy) is 2. The predicted octanol–water partition coefficient (Wildman–Crippen LogP) is 2.05. The maximum absolute atomic E-state index is 10.4. The molecule has 0 aliphatic rings. The lowest BCUT2D eigenvalue weighted by molar-refractivity contribution is 0.150. The number of amides is 1. The van der Waals surface area contributed by atoms with Gasteiger partial charge >= 0.3 is 6.09 Å². The highest BCUT2D eigenvalue weighted by Crippen LogP contribution is 2.25. The molecular weight excluding hydrogens is 250 g/mol. The third kappa shape index (κ3) is 2.92. The molecule has 1 aromatic carbocycles. The lowest BCUT2D eigenvalue weighted by Gasteiger charge is -2.06. The Morgan fingerprint density at radius 3 is 2.86 bits per heavy atom. The average Bonchev–Trinajstić information content (AvgIpc) is 2.16. The normalized spacial score (nSPS) is 9.57. The first-order valence-corrected chi connectivity index (χ1v) is 4.67. The molecule has 0 spiro atoms. The van der Waals surface area contributed by atoms with E-state index >= 15 is 0 Å². The summed E-state index contributed by atoms with van der Waals surface area (Å²) in [6.45, 7) is 0.152. The second-order valence-electron chi connectivity index (χ2n) is 2.58. The fraction of sp³-hybridized carbons (Fsp3) is 0.222. The second-order valence-corrected chi connectivity index (χ2v) is 3.43. The van der Waals surface area contributed by atoms with Crippen LogP contribution < -0.4 is 10.5 Å². The summed E-state index contributed by atoms with van der Waals surface area (Å²) in [5.41, 5.74) is 5.66. The molecule has 0 atom stereocenters. The third-order valence-electron chi connectivity index (χ3n) is 1.60. The van der Waals surface area contributed by atoms with E-state index in [1.54, 1.807) is 13.2 Å². The Hall–Kier alpha value is -1.23. The number of carbonyl (C=O) groups is 1. The minimum atomic E-state index is -0.785. The first-order valence-electron chi connectivity index (χ1n) is 3.88. The molecule has 0 fully saturated rings. The Kier molecular flexibility index (Phi) is 3.76. The van der Waals surface area contributed by atoms with E-state index in [2.05, 4.69) is 20.7 Å². The van der Waals surface area contributed by atoms with Crippen molar-refractivity contribution in [2.24, 2.45) is 5.73 Å². The lowest BCUT2D eigenvalue weighted by atomic mass is 10.2. The van der Waals surface area contributed by atoms with Gasteiger partial charge in [0.05, 0.1) is 11.6 Å². The number of hydrogen-bond acceptors (Lipinski definition) is 3. The Bertz CT molecular complexity index is 341. The van der Waals surface area contributed by atoms with Crippen molar-refractivity contribution in [2.45, 2.75) is 6.61 Å². The van der Waals surface area contributed by atoms with Crippen molar-refractivity contribution in [1.29, 1.82) is 0 Å². The SMILES string of the molecule is COc1cc(COC(N)=O)ccc1Br. The lowest BCUT2D eigenvalue weighted by Crippen LogP contribution is -2.12. The number of halogens is 1. The summed E-state index contributed by atoms with van der Waals surface area (Å²) in [5, 5.41) is 0. The van der Waals surface area contributed by atoms with Gasteiger partial charge in [-0.2, -0.15) is 0 Å². The average molecular weight is 260 g/mol. The Morgan fingerprint density at radius 2 is 2.29 bits per heavy atom. The van der Waals surface area contributed by atoms with E-state index in [0.29, 0.717) is 5.75 Å². The van der Waals surface area contributed by atoms with Crippen LogP contribution in [0.1, 0.15) is 5.56 Å². The number of rotatable bonds is 3. The van der Waals surface area contributed by atoms with Crippen LogP contribution in [-0.4, -0.2) is 13.2 Å². The smallest absolute Gasteiger partial charge is 0.404 e. The molecule has 14 heavy (non-hydrogen) atoms. The topological polar surface area (TPSA) is 61.6 Å². The maximum atomic E-state index is 10.4. The zero-order valence-corrected chi connectivity index (χ0v) is 9.21. The molecule has 0 saturated heterocycles. The molecule has 0 bridgehead atoms. The van der Waals surface area contributed by atoms with Gasteiger partial charge in [0.15, 0.2) is 0 Å². The molecule has 76 valence electrons. The molecule has 1 rings (SSSR count). The summed E-state index contributed by atoms with van der Waals surface area (Å²) < 4.78 is 10.6. The number of primary amides is 1. The molecule has 0 aliphatic heterocycles. The van der Waals surface area contributed by atoms with Crippen molar-refractivity contribution in [3.05, 3.63) is 28.2 Å². The number of benzene rings is 1. The summed E-state index contributed by atoms with van der Waals surface area (Å²) in [5.74, 6) is 0.690. The summed E-state index contributed by atoms with van der Waals surface area (Å²) in [6.07, 6.45) is -0.785. The van der Waals surface area contributed by atoms with Gasteiger partial charge in [-0.1, -0.05) is 6.07 Å². The van der Waals surface area contributed by atoms with Gasteiger partial charge in [-0.05, 0) is 33.6 Å². The van der Waals surface area contributed by atoms with Crippen molar-refractivity contribution < 1.29 is 14.3 Å². The molecule has 0 radical (unpaired) electrons. The monoisotopic (exact) mass is 259 g/mol. The van der Waals surface area contributed by atoms with E-state index in [0.717, 1.165) is 10.0 Å². The fourth-order valence-electron chi connectivity index (χ4n) is 0.948. The molecular formula is C9H10BrNO3. The van der Waals surface area contributed by atoms with E-state index < -0.39 is 6.09 Å². The van der Waals surface area contributed by atoms with Crippen LogP contribution in [0.3, 0.4) is 0 Å². The zero-order chi connectivity index (χ0) is 10.6. The highest BCUT2D eigenvalue weighted by atomic mass is 79.9. The maximum Gasteiger partial charge on any atom is 0.404 e. The molecule has 2 N–H and O–H groups in total. The van der Waals surface area contributed by atoms with Crippen LogP contribution in [0, 0.1) is 0 Å². The van der Waals surface area contributed by atoms with Crippen LogP contribution in [0.15, 0.2) is 22.7 Å². The minimum absolute atomic E-state index is 0.152. The van der Waals surface area contributed by atoms with Gasteiger partial charge in [0.2, 0.25) is 0 Å². The molecule has 1 aromatic rings. The predicted molar refractivity (Wildman–Crippen MR) is 55.1 cm³/mol.